The van der Waals surface area contributed by atoms with Gasteiger partial charge in [0.05, 0.1) is 11.6 Å². The van der Waals surface area contributed by atoms with E-state index in [1.54, 1.807) is 0 Å². The Bertz CT molecular complexity index is 965. The number of hydrogen-bond acceptors (Lipinski definition) is 4. The maximum atomic E-state index is 9.02. The fourth-order valence-electron chi connectivity index (χ4n) is 4.63. The van der Waals surface area contributed by atoms with E-state index in [9.17, 15) is 0 Å². The molecule has 4 nitrogen and oxygen atoms in total. The molecular formula is C26H43NO3Si4. The molecule has 0 saturated heterocycles. The topological polar surface area (TPSA) is 51.5 Å². The molecule has 2 rings (SSSR count). The van der Waals surface area contributed by atoms with Gasteiger partial charge in [-0.1, -0.05) is 62.6 Å². The summed E-state index contributed by atoms with van der Waals surface area (Å²) in [6.07, 6.45) is 3.76. The maximum absolute atomic E-state index is 9.02. The quantitative estimate of drug-likeness (QED) is 0.211. The molecule has 0 heterocycles. The predicted molar refractivity (Wildman–Crippen MR) is 154 cm³/mol. The minimum absolute atomic E-state index is 0.678. The van der Waals surface area contributed by atoms with Crippen molar-refractivity contribution in [3.63, 3.8) is 0 Å². The summed E-state index contributed by atoms with van der Waals surface area (Å²) < 4.78 is 20.3. The molecule has 0 spiro atoms. The van der Waals surface area contributed by atoms with Crippen LogP contribution in [0.2, 0.25) is 58.4 Å². The van der Waals surface area contributed by atoms with E-state index in [0.717, 1.165) is 11.1 Å². The second-order valence-electron chi connectivity index (χ2n) is 11.1. The fourth-order valence-corrected chi connectivity index (χ4v) is 23.6. The van der Waals surface area contributed by atoms with Crippen LogP contribution in [0.3, 0.4) is 0 Å². The molecule has 0 saturated carbocycles. The van der Waals surface area contributed by atoms with Gasteiger partial charge < -0.3 is 12.3 Å². The number of benzene rings is 2. The van der Waals surface area contributed by atoms with E-state index < -0.39 is 33.8 Å². The van der Waals surface area contributed by atoms with Crippen LogP contribution < -0.4 is 5.19 Å². The number of unbranched alkanes of at least 4 members (excludes halogenated alkanes) is 2. The Kier molecular flexibility index (Phi) is 9.87. The van der Waals surface area contributed by atoms with Crippen molar-refractivity contribution in [2.45, 2.75) is 84.6 Å². The van der Waals surface area contributed by atoms with E-state index in [0.29, 0.717) is 5.56 Å². The monoisotopic (exact) mass is 529 g/mol. The minimum atomic E-state index is -2.39. The van der Waals surface area contributed by atoms with Gasteiger partial charge >= 0.3 is 17.1 Å². The van der Waals surface area contributed by atoms with Crippen molar-refractivity contribution in [2.75, 3.05) is 0 Å². The lowest BCUT2D eigenvalue weighted by Crippen LogP contribution is -2.59. The number of hydrogen-bond donors (Lipinski definition) is 0. The first-order valence-corrected chi connectivity index (χ1v) is 24.1. The van der Waals surface area contributed by atoms with Crippen molar-refractivity contribution in [3.05, 3.63) is 54.1 Å². The molecule has 0 fully saturated rings. The lowest BCUT2D eigenvalue weighted by molar-refractivity contribution is 0.330. The molecule has 0 bridgehead atoms. The van der Waals surface area contributed by atoms with Gasteiger partial charge in [0.1, 0.15) is 0 Å². The highest BCUT2D eigenvalue weighted by atomic mass is 28.5. The third-order valence-corrected chi connectivity index (χ3v) is 21.2. The molecule has 0 amide bonds. The number of nitriles is 1. The van der Waals surface area contributed by atoms with E-state index in [1.807, 2.05) is 24.3 Å². The first kappa shape index (κ1) is 28.9. The van der Waals surface area contributed by atoms with Crippen LogP contribution in [0.15, 0.2) is 48.5 Å². The average Bonchev–Trinajstić information content (AvgIpc) is 2.71. The standard InChI is InChI=1S/C26H43NO3Si4/c1-10-11-12-21-31(2,3)28-33(6,7)30-34(8,9)29-32(4,5)26-19-17-25(18-20-26)24-15-13-23(22-27)14-16-24/h13-20H,10-12,21H2,1-9H3. The van der Waals surface area contributed by atoms with Crippen LogP contribution in [-0.4, -0.2) is 33.8 Å². The molecule has 186 valence electrons. The summed E-state index contributed by atoms with van der Waals surface area (Å²) in [5, 5.41) is 10.3. The Morgan fingerprint density at radius 3 is 1.68 bits per heavy atom. The molecule has 0 unspecified atom stereocenters. The molecule has 0 aliphatic rings. The second kappa shape index (κ2) is 11.6. The zero-order valence-corrected chi connectivity index (χ0v) is 26.6. The van der Waals surface area contributed by atoms with Crippen molar-refractivity contribution >= 4 is 38.9 Å². The van der Waals surface area contributed by atoms with E-state index in [2.05, 4.69) is 89.6 Å². The van der Waals surface area contributed by atoms with Gasteiger partial charge in [0.25, 0.3) is 0 Å². The Morgan fingerprint density at radius 2 is 1.18 bits per heavy atom. The lowest BCUT2D eigenvalue weighted by Gasteiger charge is -2.41. The second-order valence-corrected chi connectivity index (χ2v) is 26.8. The van der Waals surface area contributed by atoms with E-state index in [4.69, 9.17) is 17.6 Å². The molecule has 0 aliphatic heterocycles. The molecular weight excluding hydrogens is 487 g/mol. The third-order valence-electron chi connectivity index (χ3n) is 5.82. The zero-order chi connectivity index (χ0) is 25.6. The summed E-state index contributed by atoms with van der Waals surface area (Å²) in [4.78, 5) is 0. The normalized spacial score (nSPS) is 13.1. The van der Waals surface area contributed by atoms with Crippen molar-refractivity contribution in [1.82, 2.24) is 0 Å². The van der Waals surface area contributed by atoms with Gasteiger partial charge in [0.15, 0.2) is 8.32 Å². The first-order chi connectivity index (χ1) is 15.7. The molecule has 8 heteroatoms. The highest BCUT2D eigenvalue weighted by Crippen LogP contribution is 2.27. The van der Waals surface area contributed by atoms with E-state index >= 15 is 0 Å². The molecule has 2 aromatic carbocycles. The summed E-state index contributed by atoms with van der Waals surface area (Å²) in [6, 6.07) is 19.7. The van der Waals surface area contributed by atoms with Gasteiger partial charge in [-0.05, 0) is 86.9 Å². The molecule has 0 atom stereocenters. The molecule has 34 heavy (non-hydrogen) atoms. The summed E-state index contributed by atoms with van der Waals surface area (Å²) in [5.74, 6) is 0. The van der Waals surface area contributed by atoms with Crippen molar-refractivity contribution in [1.29, 1.82) is 5.26 Å². The summed E-state index contributed by atoms with van der Waals surface area (Å²) in [7, 11) is -8.60. The maximum Gasteiger partial charge on any atom is 0.312 e. The van der Waals surface area contributed by atoms with Gasteiger partial charge in [-0.2, -0.15) is 5.26 Å². The van der Waals surface area contributed by atoms with Crippen LogP contribution >= 0.6 is 0 Å². The third kappa shape index (κ3) is 9.04. The van der Waals surface area contributed by atoms with Gasteiger partial charge in [0, 0.05) is 0 Å². The Morgan fingerprint density at radius 1 is 0.676 bits per heavy atom. The molecule has 2 aromatic rings. The summed E-state index contributed by atoms with van der Waals surface area (Å²) in [5.41, 5.74) is 2.93. The number of nitrogens with zero attached hydrogens (tertiary/aromatic N) is 1. The van der Waals surface area contributed by atoms with Gasteiger partial charge in [-0.15, -0.1) is 0 Å². The Labute approximate surface area is 212 Å². The van der Waals surface area contributed by atoms with Crippen LogP contribution in [0.5, 0.6) is 0 Å². The number of rotatable bonds is 12. The van der Waals surface area contributed by atoms with Crippen LogP contribution in [-0.2, 0) is 12.3 Å². The molecule has 0 aromatic heterocycles. The zero-order valence-electron chi connectivity index (χ0n) is 22.6. The molecule has 0 radical (unpaired) electrons. The van der Waals surface area contributed by atoms with Crippen LogP contribution in [0, 0.1) is 11.3 Å². The lowest BCUT2D eigenvalue weighted by atomic mass is 10.0. The van der Waals surface area contributed by atoms with Crippen LogP contribution in [0.25, 0.3) is 11.1 Å². The van der Waals surface area contributed by atoms with Gasteiger partial charge in [-0.3, -0.25) is 0 Å². The van der Waals surface area contributed by atoms with Crippen molar-refractivity contribution in [2.24, 2.45) is 0 Å². The van der Waals surface area contributed by atoms with Crippen LogP contribution in [0.4, 0.5) is 0 Å². The Balaban J connectivity index is 2.07. The first-order valence-electron chi connectivity index (χ1n) is 12.4. The predicted octanol–water partition coefficient (Wildman–Crippen LogP) is 7.49. The minimum Gasteiger partial charge on any atom is -0.436 e. The van der Waals surface area contributed by atoms with E-state index in [1.165, 1.54) is 30.5 Å². The average molecular weight is 530 g/mol. The SMILES string of the molecule is CCCCC[Si](C)(C)O[Si](C)(C)O[Si](C)(C)O[Si](C)(C)c1ccc(-c2ccc(C#N)cc2)cc1. The fraction of sp³-hybridized carbons (Fsp3) is 0.500. The molecule has 0 aliphatic carbocycles. The van der Waals surface area contributed by atoms with Crippen molar-refractivity contribution in [3.8, 4) is 17.2 Å². The van der Waals surface area contributed by atoms with Crippen LogP contribution in [0.1, 0.15) is 31.7 Å². The largest absolute Gasteiger partial charge is 0.436 e. The Hall–Kier alpha value is -1.32. The van der Waals surface area contributed by atoms with Gasteiger partial charge in [0.2, 0.25) is 8.32 Å². The highest BCUT2D eigenvalue weighted by Gasteiger charge is 2.43. The summed E-state index contributed by atoms with van der Waals surface area (Å²) in [6.45, 7) is 20.1. The van der Waals surface area contributed by atoms with E-state index in [-0.39, 0.29) is 0 Å². The summed E-state index contributed by atoms with van der Waals surface area (Å²) >= 11 is 0. The van der Waals surface area contributed by atoms with Crippen molar-refractivity contribution < 1.29 is 12.3 Å². The smallest absolute Gasteiger partial charge is 0.312 e. The van der Waals surface area contributed by atoms with Gasteiger partial charge in [-0.25, -0.2) is 0 Å². The highest BCUT2D eigenvalue weighted by molar-refractivity contribution is 6.93. The molecule has 0 N–H and O–H groups in total.